The van der Waals surface area contributed by atoms with Gasteiger partial charge in [0.15, 0.2) is 0 Å². The van der Waals surface area contributed by atoms with Gasteiger partial charge in [-0.25, -0.2) is 4.98 Å². The van der Waals surface area contributed by atoms with E-state index < -0.39 is 0 Å². The second-order valence-corrected chi connectivity index (χ2v) is 6.01. The van der Waals surface area contributed by atoms with Crippen LogP contribution in [0.2, 0.25) is 0 Å². The van der Waals surface area contributed by atoms with Crippen LogP contribution in [0.25, 0.3) is 0 Å². The molecule has 19 heavy (non-hydrogen) atoms. The van der Waals surface area contributed by atoms with Gasteiger partial charge >= 0.3 is 0 Å². The molecule has 2 aliphatic rings. The Labute approximate surface area is 114 Å². The lowest BCUT2D eigenvalue weighted by molar-refractivity contribution is 0.133. The third-order valence-corrected chi connectivity index (χ3v) is 4.73. The maximum atomic E-state index is 10.0. The Morgan fingerprint density at radius 3 is 2.79 bits per heavy atom. The number of hydrogen-bond donors (Lipinski definition) is 2. The SMILES string of the molecule is Cc1cc(C)c(CO)c(N2CC3CCC(O)C3C2)n1. The van der Waals surface area contributed by atoms with Crippen molar-refractivity contribution < 1.29 is 10.2 Å². The first-order valence-electron chi connectivity index (χ1n) is 7.11. The fourth-order valence-electron chi connectivity index (χ4n) is 3.71. The summed E-state index contributed by atoms with van der Waals surface area (Å²) < 4.78 is 0. The minimum Gasteiger partial charge on any atom is -0.393 e. The molecule has 0 aromatic carbocycles. The normalized spacial score (nSPS) is 29.9. The van der Waals surface area contributed by atoms with Crippen LogP contribution >= 0.6 is 0 Å². The van der Waals surface area contributed by atoms with E-state index in [0.29, 0.717) is 11.8 Å². The largest absolute Gasteiger partial charge is 0.393 e. The lowest BCUT2D eigenvalue weighted by atomic mass is 10.00. The molecule has 3 unspecified atom stereocenters. The molecular weight excluding hydrogens is 240 g/mol. The molecule has 0 bridgehead atoms. The number of pyridine rings is 1. The third kappa shape index (κ3) is 2.13. The first kappa shape index (κ1) is 12.9. The van der Waals surface area contributed by atoms with Crippen molar-refractivity contribution >= 4 is 5.82 Å². The molecule has 3 atom stereocenters. The van der Waals surface area contributed by atoms with E-state index in [1.807, 2.05) is 19.9 Å². The van der Waals surface area contributed by atoms with E-state index >= 15 is 0 Å². The van der Waals surface area contributed by atoms with Crippen molar-refractivity contribution in [3.05, 3.63) is 22.9 Å². The molecule has 4 heteroatoms. The van der Waals surface area contributed by atoms with E-state index in [9.17, 15) is 10.2 Å². The number of aliphatic hydroxyl groups excluding tert-OH is 2. The molecule has 1 saturated carbocycles. The molecule has 104 valence electrons. The van der Waals surface area contributed by atoms with Gasteiger partial charge in [0, 0.05) is 30.3 Å². The minimum absolute atomic E-state index is 0.0306. The molecule has 2 fully saturated rings. The molecule has 2 heterocycles. The van der Waals surface area contributed by atoms with Crippen LogP contribution in [0.1, 0.15) is 29.7 Å². The Balaban J connectivity index is 1.91. The molecule has 0 spiro atoms. The van der Waals surface area contributed by atoms with Crippen molar-refractivity contribution in [2.24, 2.45) is 11.8 Å². The molecule has 1 aliphatic heterocycles. The molecule has 1 saturated heterocycles. The van der Waals surface area contributed by atoms with Crippen LogP contribution in [-0.2, 0) is 6.61 Å². The Morgan fingerprint density at radius 1 is 1.32 bits per heavy atom. The highest BCUT2D eigenvalue weighted by molar-refractivity contribution is 5.52. The van der Waals surface area contributed by atoms with Gasteiger partial charge in [0.1, 0.15) is 5.82 Å². The molecule has 3 rings (SSSR count). The first-order valence-corrected chi connectivity index (χ1v) is 7.11. The van der Waals surface area contributed by atoms with E-state index in [1.165, 1.54) is 0 Å². The van der Waals surface area contributed by atoms with Crippen LogP contribution in [0.3, 0.4) is 0 Å². The quantitative estimate of drug-likeness (QED) is 0.846. The number of rotatable bonds is 2. The van der Waals surface area contributed by atoms with Gasteiger partial charge in [-0.05, 0) is 44.2 Å². The Bertz CT molecular complexity index is 489. The van der Waals surface area contributed by atoms with E-state index in [0.717, 1.165) is 48.6 Å². The number of nitrogens with zero attached hydrogens (tertiary/aromatic N) is 2. The van der Waals surface area contributed by atoms with Gasteiger partial charge in [0.25, 0.3) is 0 Å². The summed E-state index contributed by atoms with van der Waals surface area (Å²) >= 11 is 0. The maximum Gasteiger partial charge on any atom is 0.134 e. The summed E-state index contributed by atoms with van der Waals surface area (Å²) in [5.41, 5.74) is 3.02. The number of aryl methyl sites for hydroxylation is 2. The monoisotopic (exact) mass is 262 g/mol. The van der Waals surface area contributed by atoms with Crippen molar-refractivity contribution in [3.63, 3.8) is 0 Å². The van der Waals surface area contributed by atoms with Gasteiger partial charge in [0.2, 0.25) is 0 Å². The smallest absolute Gasteiger partial charge is 0.134 e. The Hall–Kier alpha value is -1.13. The number of fused-ring (bicyclic) bond motifs is 1. The summed E-state index contributed by atoms with van der Waals surface area (Å²) in [6, 6.07) is 2.01. The van der Waals surface area contributed by atoms with Crippen LogP contribution < -0.4 is 4.90 Å². The summed E-state index contributed by atoms with van der Waals surface area (Å²) in [6.45, 7) is 5.88. The molecule has 1 aromatic rings. The highest BCUT2D eigenvalue weighted by atomic mass is 16.3. The lowest BCUT2D eigenvalue weighted by Gasteiger charge is -2.23. The standard InChI is InChI=1S/C15H22N2O2/c1-9-5-10(2)16-15(13(9)8-18)17-6-11-3-4-14(19)12(11)7-17/h5,11-12,14,18-19H,3-4,6-8H2,1-2H3. The fraction of sp³-hybridized carbons (Fsp3) is 0.667. The van der Waals surface area contributed by atoms with Crippen molar-refractivity contribution in [2.75, 3.05) is 18.0 Å². The lowest BCUT2D eigenvalue weighted by Crippen LogP contribution is -2.26. The summed E-state index contributed by atoms with van der Waals surface area (Å²) in [5.74, 6) is 1.89. The molecule has 4 nitrogen and oxygen atoms in total. The zero-order chi connectivity index (χ0) is 13.6. The van der Waals surface area contributed by atoms with Crippen LogP contribution in [0.4, 0.5) is 5.82 Å². The van der Waals surface area contributed by atoms with Crippen molar-refractivity contribution in [2.45, 2.75) is 39.4 Å². The number of anilines is 1. The number of aliphatic hydroxyl groups is 2. The van der Waals surface area contributed by atoms with Crippen LogP contribution in [0.15, 0.2) is 6.07 Å². The fourth-order valence-corrected chi connectivity index (χ4v) is 3.71. The topological polar surface area (TPSA) is 56.6 Å². The predicted molar refractivity (Wildman–Crippen MR) is 74.1 cm³/mol. The van der Waals surface area contributed by atoms with Crippen LogP contribution in [-0.4, -0.2) is 34.4 Å². The molecular formula is C15H22N2O2. The summed E-state index contributed by atoms with van der Waals surface area (Å²) in [6.07, 6.45) is 1.90. The maximum absolute atomic E-state index is 10.0. The van der Waals surface area contributed by atoms with E-state index in [1.54, 1.807) is 0 Å². The zero-order valence-electron chi connectivity index (χ0n) is 11.6. The highest BCUT2D eigenvalue weighted by Crippen LogP contribution is 2.40. The summed E-state index contributed by atoms with van der Waals surface area (Å²) in [4.78, 5) is 6.88. The second kappa shape index (κ2) is 4.76. The molecule has 1 aromatic heterocycles. The molecule has 0 amide bonds. The van der Waals surface area contributed by atoms with Crippen molar-refractivity contribution in [3.8, 4) is 0 Å². The van der Waals surface area contributed by atoms with E-state index in [4.69, 9.17) is 0 Å². The van der Waals surface area contributed by atoms with Crippen LogP contribution in [0, 0.1) is 25.7 Å². The van der Waals surface area contributed by atoms with Gasteiger partial charge in [-0.3, -0.25) is 0 Å². The Morgan fingerprint density at radius 2 is 2.11 bits per heavy atom. The molecule has 1 aliphatic carbocycles. The van der Waals surface area contributed by atoms with Crippen molar-refractivity contribution in [1.29, 1.82) is 0 Å². The summed E-state index contributed by atoms with van der Waals surface area (Å²) in [5, 5.41) is 19.6. The van der Waals surface area contributed by atoms with E-state index in [2.05, 4.69) is 9.88 Å². The van der Waals surface area contributed by atoms with Gasteiger partial charge < -0.3 is 15.1 Å². The zero-order valence-corrected chi connectivity index (χ0v) is 11.6. The third-order valence-electron chi connectivity index (χ3n) is 4.73. The van der Waals surface area contributed by atoms with Crippen molar-refractivity contribution in [1.82, 2.24) is 4.98 Å². The molecule has 2 N–H and O–H groups in total. The molecule has 0 radical (unpaired) electrons. The second-order valence-electron chi connectivity index (χ2n) is 6.01. The number of aromatic nitrogens is 1. The predicted octanol–water partition coefficient (Wildman–Crippen LogP) is 1.40. The van der Waals surface area contributed by atoms with Crippen LogP contribution in [0.5, 0.6) is 0 Å². The first-order chi connectivity index (χ1) is 9.10. The average Bonchev–Trinajstić information content (AvgIpc) is 2.91. The van der Waals surface area contributed by atoms with Gasteiger partial charge in [-0.2, -0.15) is 0 Å². The summed E-state index contributed by atoms with van der Waals surface area (Å²) in [7, 11) is 0. The van der Waals surface area contributed by atoms with Gasteiger partial charge in [-0.1, -0.05) is 0 Å². The average molecular weight is 262 g/mol. The van der Waals surface area contributed by atoms with Gasteiger partial charge in [0.05, 0.1) is 12.7 Å². The van der Waals surface area contributed by atoms with E-state index in [-0.39, 0.29) is 12.7 Å². The highest BCUT2D eigenvalue weighted by Gasteiger charge is 2.42. The Kier molecular flexibility index (Phi) is 3.23. The number of hydrogen-bond acceptors (Lipinski definition) is 4. The van der Waals surface area contributed by atoms with Gasteiger partial charge in [-0.15, -0.1) is 0 Å². The minimum atomic E-state index is -0.154.